The summed E-state index contributed by atoms with van der Waals surface area (Å²) in [7, 11) is 0. The highest BCUT2D eigenvalue weighted by Crippen LogP contribution is 2.30. The van der Waals surface area contributed by atoms with E-state index in [0.29, 0.717) is 18.0 Å². The summed E-state index contributed by atoms with van der Waals surface area (Å²) in [5.41, 5.74) is 3.92. The topological polar surface area (TPSA) is 47.6 Å². The van der Waals surface area contributed by atoms with Gasteiger partial charge < -0.3 is 14.8 Å². The number of ether oxygens (including phenoxy) is 2. The van der Waals surface area contributed by atoms with Gasteiger partial charge in [-0.1, -0.05) is 35.9 Å². The fourth-order valence-electron chi connectivity index (χ4n) is 2.88. The first kappa shape index (κ1) is 16.4. The number of hydrogen-bond acceptors (Lipinski definition) is 3. The van der Waals surface area contributed by atoms with Gasteiger partial charge in [-0.2, -0.15) is 0 Å². The second kappa shape index (κ2) is 7.39. The number of fused-ring (bicyclic) bond motifs is 1. The Hall–Kier alpha value is -2.49. The summed E-state index contributed by atoms with van der Waals surface area (Å²) in [6.45, 7) is 5.11. The summed E-state index contributed by atoms with van der Waals surface area (Å²) in [6.07, 6.45) is 1.28. The molecule has 1 amide bonds. The lowest BCUT2D eigenvalue weighted by atomic mass is 10.0. The highest BCUT2D eigenvalue weighted by Gasteiger charge is 2.26. The van der Waals surface area contributed by atoms with Gasteiger partial charge in [0.05, 0.1) is 0 Å². The molecule has 0 spiro atoms. The zero-order chi connectivity index (χ0) is 16.9. The van der Waals surface area contributed by atoms with Gasteiger partial charge in [0.15, 0.2) is 11.5 Å². The Morgan fingerprint density at radius 1 is 1.17 bits per heavy atom. The molecule has 1 heterocycles. The molecule has 3 rings (SSSR count). The second-order valence-electron chi connectivity index (χ2n) is 6.19. The quantitative estimate of drug-likeness (QED) is 0.859. The zero-order valence-electron chi connectivity index (χ0n) is 14.2. The van der Waals surface area contributed by atoms with Crippen molar-refractivity contribution in [1.29, 1.82) is 0 Å². The summed E-state index contributed by atoms with van der Waals surface area (Å²) in [6, 6.07) is 13.9. The molecule has 0 radical (unpaired) electrons. The number of rotatable bonds is 5. The highest BCUT2D eigenvalue weighted by molar-refractivity contribution is 5.81. The summed E-state index contributed by atoms with van der Waals surface area (Å²) in [4.78, 5) is 12.2. The molecule has 0 bridgehead atoms. The van der Waals surface area contributed by atoms with Gasteiger partial charge in [-0.25, -0.2) is 0 Å². The zero-order valence-corrected chi connectivity index (χ0v) is 14.2. The van der Waals surface area contributed by atoms with E-state index < -0.39 is 6.10 Å². The molecular weight excluding hydrogens is 302 g/mol. The van der Waals surface area contributed by atoms with Crippen molar-refractivity contribution in [2.24, 2.45) is 0 Å². The smallest absolute Gasteiger partial charge is 0.264 e. The Morgan fingerprint density at radius 2 is 1.96 bits per heavy atom. The summed E-state index contributed by atoms with van der Waals surface area (Å²) >= 11 is 0. The number of nitrogens with one attached hydrogen (secondary N) is 1. The maximum absolute atomic E-state index is 12.2. The lowest BCUT2D eigenvalue weighted by Gasteiger charge is -2.25. The molecule has 0 aromatic heterocycles. The first-order valence-electron chi connectivity index (χ1n) is 8.36. The van der Waals surface area contributed by atoms with Crippen LogP contribution in [0.3, 0.4) is 0 Å². The van der Waals surface area contributed by atoms with Crippen LogP contribution in [0, 0.1) is 13.8 Å². The van der Waals surface area contributed by atoms with Crippen LogP contribution in [0.5, 0.6) is 11.5 Å². The summed E-state index contributed by atoms with van der Waals surface area (Å²) in [5, 5.41) is 2.94. The molecule has 24 heavy (non-hydrogen) atoms. The lowest BCUT2D eigenvalue weighted by Crippen LogP contribution is -2.44. The maximum atomic E-state index is 12.2. The van der Waals surface area contributed by atoms with E-state index in [-0.39, 0.29) is 12.5 Å². The Balaban J connectivity index is 1.45. The predicted molar refractivity (Wildman–Crippen MR) is 93.6 cm³/mol. The number of para-hydroxylation sites is 2. The van der Waals surface area contributed by atoms with Gasteiger partial charge in [-0.15, -0.1) is 0 Å². The molecule has 1 aliphatic rings. The molecule has 0 saturated heterocycles. The van der Waals surface area contributed by atoms with E-state index in [1.165, 1.54) is 16.7 Å². The Bertz CT molecular complexity index is 727. The molecule has 0 unspecified atom stereocenters. The second-order valence-corrected chi connectivity index (χ2v) is 6.19. The number of carbonyl (C=O) groups excluding carboxylic acids is 1. The number of hydrogen-bond donors (Lipinski definition) is 1. The van der Waals surface area contributed by atoms with Crippen LogP contribution in [0.15, 0.2) is 42.5 Å². The molecule has 1 atom stereocenters. The van der Waals surface area contributed by atoms with Gasteiger partial charge in [-0.3, -0.25) is 4.79 Å². The van der Waals surface area contributed by atoms with Crippen molar-refractivity contribution in [2.75, 3.05) is 13.2 Å². The third-order valence-corrected chi connectivity index (χ3v) is 4.22. The van der Waals surface area contributed by atoms with Crippen LogP contribution in [0.1, 0.15) is 23.1 Å². The minimum Gasteiger partial charge on any atom is -0.485 e. The average molecular weight is 325 g/mol. The van der Waals surface area contributed by atoms with Crippen LogP contribution in [0.25, 0.3) is 0 Å². The van der Waals surface area contributed by atoms with Crippen molar-refractivity contribution in [1.82, 2.24) is 5.32 Å². The van der Waals surface area contributed by atoms with Crippen molar-refractivity contribution < 1.29 is 14.3 Å². The van der Waals surface area contributed by atoms with Gasteiger partial charge in [-0.05, 0) is 49.9 Å². The van der Waals surface area contributed by atoms with Gasteiger partial charge in [0, 0.05) is 6.54 Å². The van der Waals surface area contributed by atoms with Crippen LogP contribution in [0.4, 0.5) is 0 Å². The van der Waals surface area contributed by atoms with E-state index in [2.05, 4.69) is 37.4 Å². The number of benzene rings is 2. The summed E-state index contributed by atoms with van der Waals surface area (Å²) < 4.78 is 11.3. The van der Waals surface area contributed by atoms with Crippen LogP contribution < -0.4 is 14.8 Å². The SMILES string of the molecule is Cc1ccc(CCCNC(=O)[C@H]2COc3ccccc3O2)c(C)c1. The maximum Gasteiger partial charge on any atom is 0.264 e. The lowest BCUT2D eigenvalue weighted by molar-refractivity contribution is -0.130. The first-order chi connectivity index (χ1) is 11.6. The predicted octanol–water partition coefficient (Wildman–Crippen LogP) is 3.19. The van der Waals surface area contributed by atoms with Crippen LogP contribution >= 0.6 is 0 Å². The van der Waals surface area contributed by atoms with Crippen molar-refractivity contribution >= 4 is 5.91 Å². The van der Waals surface area contributed by atoms with E-state index in [9.17, 15) is 4.79 Å². The minimum atomic E-state index is -0.582. The number of carbonyl (C=O) groups is 1. The van der Waals surface area contributed by atoms with Crippen molar-refractivity contribution in [3.05, 3.63) is 59.2 Å². The normalized spacial score (nSPS) is 15.8. The number of aryl methyl sites for hydroxylation is 3. The number of amides is 1. The van der Waals surface area contributed by atoms with Gasteiger partial charge in [0.1, 0.15) is 6.61 Å². The van der Waals surface area contributed by atoms with Crippen molar-refractivity contribution in [3.63, 3.8) is 0 Å². The molecule has 4 heteroatoms. The first-order valence-corrected chi connectivity index (χ1v) is 8.36. The molecule has 126 valence electrons. The molecular formula is C20H23NO3. The van der Waals surface area contributed by atoms with Crippen LogP contribution in [-0.2, 0) is 11.2 Å². The molecule has 2 aromatic carbocycles. The molecule has 2 aromatic rings. The average Bonchev–Trinajstić information content (AvgIpc) is 2.59. The third-order valence-electron chi connectivity index (χ3n) is 4.22. The molecule has 4 nitrogen and oxygen atoms in total. The van der Waals surface area contributed by atoms with Crippen LogP contribution in [0.2, 0.25) is 0 Å². The largest absolute Gasteiger partial charge is 0.485 e. The molecule has 0 fully saturated rings. The monoisotopic (exact) mass is 325 g/mol. The molecule has 0 aliphatic carbocycles. The van der Waals surface area contributed by atoms with E-state index in [0.717, 1.165) is 12.8 Å². The Morgan fingerprint density at radius 3 is 2.75 bits per heavy atom. The van der Waals surface area contributed by atoms with Gasteiger partial charge >= 0.3 is 0 Å². The fraction of sp³-hybridized carbons (Fsp3) is 0.350. The van der Waals surface area contributed by atoms with Crippen molar-refractivity contribution in [2.45, 2.75) is 32.8 Å². The molecule has 1 aliphatic heterocycles. The Kier molecular flexibility index (Phi) is 5.04. The van der Waals surface area contributed by atoms with E-state index in [4.69, 9.17) is 9.47 Å². The van der Waals surface area contributed by atoms with Gasteiger partial charge in [0.25, 0.3) is 5.91 Å². The summed E-state index contributed by atoms with van der Waals surface area (Å²) in [5.74, 6) is 1.20. The van der Waals surface area contributed by atoms with Crippen LogP contribution in [-0.4, -0.2) is 25.2 Å². The van der Waals surface area contributed by atoms with E-state index >= 15 is 0 Å². The third kappa shape index (κ3) is 3.88. The van der Waals surface area contributed by atoms with Gasteiger partial charge in [0.2, 0.25) is 6.10 Å². The van der Waals surface area contributed by atoms with Crippen molar-refractivity contribution in [3.8, 4) is 11.5 Å². The molecule has 1 N–H and O–H groups in total. The standard InChI is InChI=1S/C20H23NO3/c1-14-9-10-16(15(2)12-14)6-5-11-21-20(22)19-13-23-17-7-3-4-8-18(17)24-19/h3-4,7-10,12,19H,5-6,11,13H2,1-2H3,(H,21,22)/t19-/m1/s1. The fourth-order valence-corrected chi connectivity index (χ4v) is 2.88. The Labute approximate surface area is 142 Å². The van der Waals surface area contributed by atoms with E-state index in [1.807, 2.05) is 24.3 Å². The molecule has 0 saturated carbocycles. The minimum absolute atomic E-state index is 0.120. The van der Waals surface area contributed by atoms with E-state index in [1.54, 1.807) is 0 Å². The highest BCUT2D eigenvalue weighted by atomic mass is 16.6.